The van der Waals surface area contributed by atoms with E-state index in [1.165, 1.54) is 21.7 Å². The Hall–Kier alpha value is -3.81. The van der Waals surface area contributed by atoms with Gasteiger partial charge in [-0.2, -0.15) is 23.3 Å². The van der Waals surface area contributed by atoms with Gasteiger partial charge in [-0.15, -0.1) is 0 Å². The Bertz CT molecular complexity index is 1490. The monoisotopic (exact) mass is 565 g/mol. The average Bonchev–Trinajstić information content (AvgIpc) is 3.37. The lowest BCUT2D eigenvalue weighted by molar-refractivity contribution is -0.140. The number of hydrogen-bond acceptors (Lipinski definition) is 7. The highest BCUT2D eigenvalue weighted by Crippen LogP contribution is 2.32. The van der Waals surface area contributed by atoms with Crippen molar-refractivity contribution in [3.05, 3.63) is 63.1 Å². The molecule has 0 radical (unpaired) electrons. The molecule has 0 fully saturated rings. The number of rotatable bonds is 5. The van der Waals surface area contributed by atoms with Gasteiger partial charge < -0.3 is 14.7 Å². The van der Waals surface area contributed by atoms with E-state index in [9.17, 15) is 22.8 Å². The van der Waals surface area contributed by atoms with Gasteiger partial charge in [-0.05, 0) is 38.1 Å². The van der Waals surface area contributed by atoms with Gasteiger partial charge in [0.1, 0.15) is 12.2 Å². The molecule has 0 spiro atoms. The zero-order chi connectivity index (χ0) is 26.4. The predicted octanol–water partition coefficient (Wildman–Crippen LogP) is 4.21. The molecule has 0 aliphatic heterocycles. The van der Waals surface area contributed by atoms with Gasteiger partial charge in [-0.25, -0.2) is 4.98 Å². The molecule has 36 heavy (non-hydrogen) atoms. The molecule has 4 aromatic rings. The minimum atomic E-state index is -4.73. The van der Waals surface area contributed by atoms with Crippen LogP contribution in [-0.2, 0) is 12.7 Å². The van der Waals surface area contributed by atoms with E-state index in [0.717, 1.165) is 6.07 Å². The molecule has 3 aromatic heterocycles. The van der Waals surface area contributed by atoms with Gasteiger partial charge in [0.05, 0.1) is 28.2 Å². The lowest BCUT2D eigenvalue weighted by atomic mass is 10.1. The van der Waals surface area contributed by atoms with E-state index in [-0.39, 0.29) is 34.7 Å². The first-order valence-corrected chi connectivity index (χ1v) is 11.2. The van der Waals surface area contributed by atoms with Crippen molar-refractivity contribution in [3.8, 4) is 0 Å². The minimum absolute atomic E-state index is 0.0301. The zero-order valence-corrected chi connectivity index (χ0v) is 21.0. The molecule has 3 heterocycles. The van der Waals surface area contributed by atoms with E-state index in [1.54, 1.807) is 34.0 Å². The highest BCUT2D eigenvalue weighted by Gasteiger charge is 2.34. The molecule has 1 aromatic carbocycles. The standard InChI is InChI=1S/C22H19BrF3N7O3/c1-10-18(11(2)33(30-10)9-17-28-20(36-31-17)21(35)32(3)4)29-19(34)14-8-16(22(24,25)26)27-15-6-5-12(23)7-13(14)15/h5-8H,9H2,1-4H3,(H,29,34). The van der Waals surface area contributed by atoms with Gasteiger partial charge in [0.25, 0.3) is 5.91 Å². The maximum Gasteiger partial charge on any atom is 0.433 e. The quantitative estimate of drug-likeness (QED) is 0.385. The maximum atomic E-state index is 13.4. The summed E-state index contributed by atoms with van der Waals surface area (Å²) >= 11 is 3.28. The van der Waals surface area contributed by atoms with Crippen LogP contribution in [0.15, 0.2) is 33.3 Å². The van der Waals surface area contributed by atoms with Gasteiger partial charge >= 0.3 is 18.0 Å². The van der Waals surface area contributed by atoms with Crippen LogP contribution < -0.4 is 5.32 Å². The molecule has 0 aliphatic carbocycles. The molecule has 0 saturated heterocycles. The number of anilines is 1. The molecule has 0 saturated carbocycles. The van der Waals surface area contributed by atoms with Gasteiger partial charge in [0.15, 0.2) is 5.82 Å². The van der Waals surface area contributed by atoms with E-state index in [2.05, 4.69) is 41.5 Å². The van der Waals surface area contributed by atoms with E-state index in [4.69, 9.17) is 4.52 Å². The molecular weight excluding hydrogens is 547 g/mol. The molecule has 0 bridgehead atoms. The van der Waals surface area contributed by atoms with Crippen LogP contribution in [0.5, 0.6) is 0 Å². The summed E-state index contributed by atoms with van der Waals surface area (Å²) in [4.78, 5) is 34.2. The molecule has 2 amide bonds. The Balaban J connectivity index is 1.65. The van der Waals surface area contributed by atoms with Crippen LogP contribution in [0.25, 0.3) is 10.9 Å². The van der Waals surface area contributed by atoms with Gasteiger partial charge in [0, 0.05) is 24.0 Å². The van der Waals surface area contributed by atoms with E-state index >= 15 is 0 Å². The Morgan fingerprint density at radius 2 is 1.89 bits per heavy atom. The second kappa shape index (κ2) is 9.33. The molecule has 188 valence electrons. The Labute approximate surface area is 210 Å². The van der Waals surface area contributed by atoms with Crippen molar-refractivity contribution in [2.75, 3.05) is 19.4 Å². The van der Waals surface area contributed by atoms with Gasteiger partial charge in [0.2, 0.25) is 0 Å². The number of nitrogens with zero attached hydrogens (tertiary/aromatic N) is 6. The molecule has 1 N–H and O–H groups in total. The number of hydrogen-bond donors (Lipinski definition) is 1. The second-order valence-electron chi connectivity index (χ2n) is 8.09. The number of pyridine rings is 1. The first-order chi connectivity index (χ1) is 16.8. The third-order valence-corrected chi connectivity index (χ3v) is 5.77. The minimum Gasteiger partial charge on any atom is -0.341 e. The van der Waals surface area contributed by atoms with Gasteiger partial charge in [-0.1, -0.05) is 21.1 Å². The van der Waals surface area contributed by atoms with Crippen molar-refractivity contribution < 1.29 is 27.3 Å². The topological polar surface area (TPSA) is 119 Å². The first kappa shape index (κ1) is 25.3. The number of amides is 2. The fourth-order valence-electron chi connectivity index (χ4n) is 3.47. The summed E-state index contributed by atoms with van der Waals surface area (Å²) in [5, 5.41) is 11.1. The smallest absolute Gasteiger partial charge is 0.341 e. The number of alkyl halides is 3. The van der Waals surface area contributed by atoms with Crippen molar-refractivity contribution in [2.45, 2.75) is 26.6 Å². The summed E-state index contributed by atoms with van der Waals surface area (Å²) in [7, 11) is 3.09. The first-order valence-electron chi connectivity index (χ1n) is 10.4. The van der Waals surface area contributed by atoms with E-state index in [1.807, 2.05) is 0 Å². The largest absolute Gasteiger partial charge is 0.433 e. The highest BCUT2D eigenvalue weighted by atomic mass is 79.9. The summed E-state index contributed by atoms with van der Waals surface area (Å²) in [5.74, 6) is -1.20. The number of aryl methyl sites for hydroxylation is 1. The normalized spacial score (nSPS) is 11.7. The molecular formula is C22H19BrF3N7O3. The third kappa shape index (κ3) is 4.94. The van der Waals surface area contributed by atoms with Crippen molar-refractivity contribution in [1.82, 2.24) is 29.8 Å². The lowest BCUT2D eigenvalue weighted by Crippen LogP contribution is -2.22. The summed E-state index contributed by atoms with van der Waals surface area (Å²) in [6.07, 6.45) is -4.73. The van der Waals surface area contributed by atoms with Crippen LogP contribution in [-0.4, -0.2) is 55.7 Å². The number of carbonyl (C=O) groups is 2. The molecule has 0 aliphatic rings. The number of benzene rings is 1. The summed E-state index contributed by atoms with van der Waals surface area (Å²) in [6, 6.07) is 5.20. The number of aromatic nitrogens is 5. The molecule has 10 nitrogen and oxygen atoms in total. The number of halogens is 4. The molecule has 14 heteroatoms. The Morgan fingerprint density at radius 1 is 1.17 bits per heavy atom. The molecule has 0 unspecified atom stereocenters. The summed E-state index contributed by atoms with van der Waals surface area (Å²) in [6.45, 7) is 3.35. The van der Waals surface area contributed by atoms with Crippen molar-refractivity contribution in [2.24, 2.45) is 0 Å². The van der Waals surface area contributed by atoms with Crippen LogP contribution in [0.1, 0.15) is 43.9 Å². The van der Waals surface area contributed by atoms with Crippen LogP contribution in [0.4, 0.5) is 18.9 Å². The van der Waals surface area contributed by atoms with Crippen molar-refractivity contribution in [1.29, 1.82) is 0 Å². The SMILES string of the molecule is Cc1nn(Cc2noc(C(=O)N(C)C)n2)c(C)c1NC(=O)c1cc(C(F)(F)F)nc2ccc(Br)cc12. The number of carbonyl (C=O) groups excluding carboxylic acids is 2. The fourth-order valence-corrected chi connectivity index (χ4v) is 3.84. The number of nitrogens with one attached hydrogen (secondary N) is 1. The fraction of sp³-hybridized carbons (Fsp3) is 0.273. The predicted molar refractivity (Wildman–Crippen MR) is 126 cm³/mol. The zero-order valence-electron chi connectivity index (χ0n) is 19.4. The van der Waals surface area contributed by atoms with Crippen LogP contribution >= 0.6 is 15.9 Å². The average molecular weight is 566 g/mol. The van der Waals surface area contributed by atoms with Crippen LogP contribution in [0, 0.1) is 13.8 Å². The summed E-state index contributed by atoms with van der Waals surface area (Å²) in [5.41, 5.74) is -0.0904. The molecule has 4 rings (SSSR count). The third-order valence-electron chi connectivity index (χ3n) is 5.27. The van der Waals surface area contributed by atoms with Crippen LogP contribution in [0.2, 0.25) is 0 Å². The summed E-state index contributed by atoms with van der Waals surface area (Å²) < 4.78 is 47.4. The maximum absolute atomic E-state index is 13.4. The Kier molecular flexibility index (Phi) is 6.56. The van der Waals surface area contributed by atoms with Crippen molar-refractivity contribution in [3.63, 3.8) is 0 Å². The lowest BCUT2D eigenvalue weighted by Gasteiger charge is -2.13. The number of fused-ring (bicyclic) bond motifs is 1. The van der Waals surface area contributed by atoms with Crippen molar-refractivity contribution >= 4 is 44.3 Å². The highest BCUT2D eigenvalue weighted by molar-refractivity contribution is 9.10. The van der Waals surface area contributed by atoms with Gasteiger partial charge in [-0.3, -0.25) is 14.3 Å². The molecule has 0 atom stereocenters. The van der Waals surface area contributed by atoms with E-state index in [0.29, 0.717) is 21.5 Å². The second-order valence-corrected chi connectivity index (χ2v) is 9.00. The van der Waals surface area contributed by atoms with E-state index < -0.39 is 23.7 Å². The Morgan fingerprint density at radius 3 is 2.56 bits per heavy atom. The van der Waals surface area contributed by atoms with Crippen LogP contribution in [0.3, 0.4) is 0 Å².